The Balaban J connectivity index is 2.41. The average Bonchev–Trinajstić information content (AvgIpc) is 2.83. The van der Waals surface area contributed by atoms with Crippen LogP contribution in [-0.2, 0) is 0 Å². The number of hydrogen-bond donors (Lipinski definition) is 1. The molecule has 0 aliphatic rings. The van der Waals surface area contributed by atoms with Crippen molar-refractivity contribution in [3.63, 3.8) is 0 Å². The Bertz CT molecular complexity index is 555. The van der Waals surface area contributed by atoms with Crippen molar-refractivity contribution < 1.29 is 9.90 Å². The summed E-state index contributed by atoms with van der Waals surface area (Å²) in [6, 6.07) is 3.78. The fraction of sp³-hybridized carbons (Fsp3) is 0.333. The number of hydrogen-bond acceptors (Lipinski definition) is 3. The van der Waals surface area contributed by atoms with Gasteiger partial charge in [0.25, 0.3) is 0 Å². The molecule has 0 bridgehead atoms. The van der Waals surface area contributed by atoms with Gasteiger partial charge in [-0.25, -0.2) is 4.79 Å². The number of carboxylic acid groups (broad SMARTS) is 1. The van der Waals surface area contributed by atoms with Gasteiger partial charge in [-0.05, 0) is 32.9 Å². The van der Waals surface area contributed by atoms with E-state index >= 15 is 0 Å². The maximum absolute atomic E-state index is 10.8. The van der Waals surface area contributed by atoms with Crippen LogP contribution in [0.5, 0.6) is 0 Å². The predicted molar refractivity (Wildman–Crippen MR) is 67.6 cm³/mol. The SMILES string of the molecule is Cc1nn(C(C)C)cc1-c1ccc(C(=O)O)s1. The summed E-state index contributed by atoms with van der Waals surface area (Å²) in [6.45, 7) is 6.06. The third-order valence-corrected chi connectivity index (χ3v) is 3.63. The summed E-state index contributed by atoms with van der Waals surface area (Å²) in [5, 5.41) is 13.3. The van der Waals surface area contributed by atoms with Crippen LogP contribution in [0.4, 0.5) is 0 Å². The van der Waals surface area contributed by atoms with Crippen molar-refractivity contribution in [1.82, 2.24) is 9.78 Å². The first-order chi connectivity index (χ1) is 7.99. The van der Waals surface area contributed by atoms with Crippen LogP contribution in [0.2, 0.25) is 0 Å². The van der Waals surface area contributed by atoms with E-state index in [1.165, 1.54) is 11.3 Å². The number of aromatic nitrogens is 2. The van der Waals surface area contributed by atoms with Crippen molar-refractivity contribution in [2.45, 2.75) is 26.8 Å². The number of aromatic carboxylic acids is 1. The van der Waals surface area contributed by atoms with E-state index in [1.807, 2.05) is 23.9 Å². The van der Waals surface area contributed by atoms with Crippen LogP contribution < -0.4 is 0 Å². The van der Waals surface area contributed by atoms with Crippen LogP contribution in [0.25, 0.3) is 10.4 Å². The van der Waals surface area contributed by atoms with Crippen molar-refractivity contribution in [3.8, 4) is 10.4 Å². The lowest BCUT2D eigenvalue weighted by atomic mass is 10.2. The summed E-state index contributed by atoms with van der Waals surface area (Å²) < 4.78 is 1.89. The van der Waals surface area contributed by atoms with Crippen LogP contribution >= 0.6 is 11.3 Å². The molecule has 2 aromatic rings. The molecule has 0 aromatic carbocycles. The van der Waals surface area contributed by atoms with Crippen molar-refractivity contribution >= 4 is 17.3 Å². The minimum Gasteiger partial charge on any atom is -0.477 e. The van der Waals surface area contributed by atoms with Crippen molar-refractivity contribution in [3.05, 3.63) is 28.9 Å². The molecule has 2 rings (SSSR count). The summed E-state index contributed by atoms with van der Waals surface area (Å²) in [5.41, 5.74) is 1.94. The second-order valence-electron chi connectivity index (χ2n) is 4.17. The zero-order valence-corrected chi connectivity index (χ0v) is 10.8. The van der Waals surface area contributed by atoms with Crippen molar-refractivity contribution in [1.29, 1.82) is 0 Å². The van der Waals surface area contributed by atoms with Crippen molar-refractivity contribution in [2.75, 3.05) is 0 Å². The molecule has 0 spiro atoms. The third-order valence-electron chi connectivity index (χ3n) is 2.53. The van der Waals surface area contributed by atoms with Gasteiger partial charge in [0.1, 0.15) is 4.88 Å². The quantitative estimate of drug-likeness (QED) is 0.910. The van der Waals surface area contributed by atoms with E-state index in [4.69, 9.17) is 5.11 Å². The molecule has 90 valence electrons. The highest BCUT2D eigenvalue weighted by atomic mass is 32.1. The maximum Gasteiger partial charge on any atom is 0.345 e. The molecule has 1 N–H and O–H groups in total. The second-order valence-corrected chi connectivity index (χ2v) is 5.25. The van der Waals surface area contributed by atoms with Crippen LogP contribution in [0.1, 0.15) is 35.3 Å². The van der Waals surface area contributed by atoms with Gasteiger partial charge in [0.15, 0.2) is 0 Å². The van der Waals surface area contributed by atoms with Crippen LogP contribution in [0, 0.1) is 6.92 Å². The standard InChI is InChI=1S/C12H14N2O2S/c1-7(2)14-6-9(8(3)13-14)10-4-5-11(17-10)12(15)16/h4-7H,1-3H3,(H,15,16). The van der Waals surface area contributed by atoms with E-state index in [2.05, 4.69) is 18.9 Å². The van der Waals surface area contributed by atoms with E-state index in [0.717, 1.165) is 16.1 Å². The first-order valence-corrected chi connectivity index (χ1v) is 6.20. The van der Waals surface area contributed by atoms with Gasteiger partial charge in [-0.3, -0.25) is 4.68 Å². The second kappa shape index (κ2) is 4.33. The van der Waals surface area contributed by atoms with Gasteiger partial charge in [0, 0.05) is 22.7 Å². The summed E-state index contributed by atoms with van der Waals surface area (Å²) >= 11 is 1.28. The Morgan fingerprint density at radius 3 is 2.65 bits per heavy atom. The normalized spacial score (nSPS) is 11.1. The van der Waals surface area contributed by atoms with Crippen LogP contribution in [0.3, 0.4) is 0 Å². The predicted octanol–water partition coefficient (Wildman–Crippen LogP) is 3.20. The van der Waals surface area contributed by atoms with Gasteiger partial charge in [0.05, 0.1) is 5.69 Å². The summed E-state index contributed by atoms with van der Waals surface area (Å²) in [6.07, 6.45) is 1.97. The molecule has 0 aliphatic carbocycles. The highest BCUT2D eigenvalue weighted by Gasteiger charge is 2.13. The highest BCUT2D eigenvalue weighted by Crippen LogP contribution is 2.30. The van der Waals surface area contributed by atoms with Gasteiger partial charge in [-0.1, -0.05) is 0 Å². The van der Waals surface area contributed by atoms with E-state index < -0.39 is 5.97 Å². The van der Waals surface area contributed by atoms with E-state index in [-0.39, 0.29) is 0 Å². The number of aryl methyl sites for hydroxylation is 1. The molecule has 17 heavy (non-hydrogen) atoms. The molecule has 4 nitrogen and oxygen atoms in total. The van der Waals surface area contributed by atoms with Gasteiger partial charge in [-0.2, -0.15) is 5.10 Å². The molecule has 0 saturated carbocycles. The van der Waals surface area contributed by atoms with Crippen LogP contribution in [-0.4, -0.2) is 20.9 Å². The Kier molecular flexibility index (Phi) is 3.02. The molecular weight excluding hydrogens is 236 g/mol. The number of thiophene rings is 1. The number of nitrogens with zero attached hydrogens (tertiary/aromatic N) is 2. The molecule has 2 aromatic heterocycles. The lowest BCUT2D eigenvalue weighted by Gasteiger charge is -2.02. The molecule has 5 heteroatoms. The lowest BCUT2D eigenvalue weighted by Crippen LogP contribution is -2.00. The zero-order chi connectivity index (χ0) is 12.6. The molecule has 0 radical (unpaired) electrons. The average molecular weight is 250 g/mol. The smallest absolute Gasteiger partial charge is 0.345 e. The summed E-state index contributed by atoms with van der Waals surface area (Å²) in [7, 11) is 0. The van der Waals surface area contributed by atoms with Gasteiger partial charge >= 0.3 is 5.97 Å². The Morgan fingerprint density at radius 1 is 1.47 bits per heavy atom. The topological polar surface area (TPSA) is 55.1 Å². The van der Waals surface area contributed by atoms with E-state index in [1.54, 1.807) is 6.07 Å². The number of carbonyl (C=O) groups is 1. The molecule has 0 unspecified atom stereocenters. The first-order valence-electron chi connectivity index (χ1n) is 5.38. The maximum atomic E-state index is 10.8. The fourth-order valence-corrected chi connectivity index (χ4v) is 2.49. The van der Waals surface area contributed by atoms with Gasteiger partial charge in [-0.15, -0.1) is 11.3 Å². The fourth-order valence-electron chi connectivity index (χ4n) is 1.59. The molecule has 0 atom stereocenters. The molecule has 0 amide bonds. The minimum atomic E-state index is -0.879. The van der Waals surface area contributed by atoms with Gasteiger partial charge < -0.3 is 5.11 Å². The van der Waals surface area contributed by atoms with Crippen LogP contribution in [0.15, 0.2) is 18.3 Å². The van der Waals surface area contributed by atoms with Gasteiger partial charge in [0.2, 0.25) is 0 Å². The molecule has 0 saturated heterocycles. The first kappa shape index (κ1) is 11.9. The lowest BCUT2D eigenvalue weighted by molar-refractivity contribution is 0.0702. The molecule has 2 heterocycles. The highest BCUT2D eigenvalue weighted by molar-refractivity contribution is 7.17. The molecule has 0 aliphatic heterocycles. The van der Waals surface area contributed by atoms with Crippen molar-refractivity contribution in [2.24, 2.45) is 0 Å². The third kappa shape index (κ3) is 2.24. The Labute approximate surface area is 104 Å². The number of carboxylic acids is 1. The Morgan fingerprint density at radius 2 is 2.18 bits per heavy atom. The molecule has 0 fully saturated rings. The van der Waals surface area contributed by atoms with E-state index in [0.29, 0.717) is 10.9 Å². The Hall–Kier alpha value is -1.62. The summed E-state index contributed by atoms with van der Waals surface area (Å²) in [5.74, 6) is -0.879. The summed E-state index contributed by atoms with van der Waals surface area (Å²) in [4.78, 5) is 12.1. The van der Waals surface area contributed by atoms with E-state index in [9.17, 15) is 4.79 Å². The zero-order valence-electron chi connectivity index (χ0n) is 9.97. The monoisotopic (exact) mass is 250 g/mol. The number of rotatable bonds is 3. The largest absolute Gasteiger partial charge is 0.477 e. The molecular formula is C12H14N2O2S. The minimum absolute atomic E-state index is 0.307.